The summed E-state index contributed by atoms with van der Waals surface area (Å²) in [5, 5.41) is 1.54. The molecule has 0 spiro atoms. The number of methoxy groups -OCH3 is 1. The van der Waals surface area contributed by atoms with Crippen molar-refractivity contribution in [3.05, 3.63) is 39.6 Å². The molecule has 0 fully saturated rings. The first-order chi connectivity index (χ1) is 12.9. The number of thiophene rings is 1. The van der Waals surface area contributed by atoms with Crippen LogP contribution in [0.3, 0.4) is 0 Å². The minimum atomic E-state index is -3.89. The van der Waals surface area contributed by atoms with E-state index in [0.29, 0.717) is 17.9 Å². The Bertz CT molecular complexity index is 951. The minimum absolute atomic E-state index is 0.0130. The molecular formula is C18H21NO6S2. The van der Waals surface area contributed by atoms with Gasteiger partial charge in [-0.1, -0.05) is 0 Å². The number of nitrogens with one attached hydrogen (secondary N) is 1. The summed E-state index contributed by atoms with van der Waals surface area (Å²) in [6.07, 6.45) is 0.869. The largest absolute Gasteiger partial charge is 0.494 e. The van der Waals surface area contributed by atoms with Crippen molar-refractivity contribution in [2.45, 2.75) is 37.8 Å². The molecule has 0 radical (unpaired) electrons. The van der Waals surface area contributed by atoms with Crippen molar-refractivity contribution in [3.8, 4) is 11.5 Å². The number of carbonyl (C=O) groups excluding carboxylic acids is 1. The van der Waals surface area contributed by atoms with Gasteiger partial charge in [-0.3, -0.25) is 0 Å². The summed E-state index contributed by atoms with van der Waals surface area (Å²) in [5.41, 5.74) is 1.71. The second-order valence-electron chi connectivity index (χ2n) is 6.06. The van der Waals surface area contributed by atoms with E-state index in [2.05, 4.69) is 9.46 Å². The van der Waals surface area contributed by atoms with Crippen LogP contribution in [0, 0.1) is 0 Å². The van der Waals surface area contributed by atoms with Crippen LogP contribution in [0.25, 0.3) is 0 Å². The predicted octanol–water partition coefficient (Wildman–Crippen LogP) is 2.74. The quantitative estimate of drug-likeness (QED) is 0.705. The van der Waals surface area contributed by atoms with E-state index in [9.17, 15) is 13.2 Å². The van der Waals surface area contributed by atoms with Gasteiger partial charge in [0.15, 0.2) is 0 Å². The Balaban J connectivity index is 1.85. The van der Waals surface area contributed by atoms with Gasteiger partial charge in [-0.2, -0.15) is 0 Å². The summed E-state index contributed by atoms with van der Waals surface area (Å²) < 4.78 is 44.0. The second kappa shape index (κ2) is 7.87. The maximum Gasteiger partial charge on any atom is 0.349 e. The molecule has 2 aromatic rings. The fraction of sp³-hybridized carbons (Fsp3) is 0.389. The lowest BCUT2D eigenvalue weighted by atomic mass is 10.1. The molecule has 1 aliphatic rings. The molecule has 3 rings (SSSR count). The molecule has 1 aliphatic heterocycles. The minimum Gasteiger partial charge on any atom is -0.494 e. The fourth-order valence-corrected chi connectivity index (χ4v) is 5.25. The van der Waals surface area contributed by atoms with Crippen molar-refractivity contribution in [1.29, 1.82) is 0 Å². The van der Waals surface area contributed by atoms with Gasteiger partial charge in [-0.05, 0) is 37.4 Å². The first kappa shape index (κ1) is 19.7. The molecule has 0 amide bonds. The van der Waals surface area contributed by atoms with E-state index in [1.807, 2.05) is 19.9 Å². The lowest BCUT2D eigenvalue weighted by Gasteiger charge is -2.13. The van der Waals surface area contributed by atoms with Crippen molar-refractivity contribution in [2.24, 2.45) is 0 Å². The van der Waals surface area contributed by atoms with E-state index in [4.69, 9.17) is 9.47 Å². The summed E-state index contributed by atoms with van der Waals surface area (Å²) in [6, 6.07) is 5.09. The number of fused-ring (bicyclic) bond motifs is 1. The monoisotopic (exact) mass is 411 g/mol. The van der Waals surface area contributed by atoms with Crippen molar-refractivity contribution in [3.63, 3.8) is 0 Å². The lowest BCUT2D eigenvalue weighted by molar-refractivity contribution is 0.0602. The number of ether oxygens (including phenoxy) is 3. The Hall–Kier alpha value is -2.10. The molecule has 2 heterocycles. The predicted molar refractivity (Wildman–Crippen MR) is 101 cm³/mol. The topological polar surface area (TPSA) is 90.9 Å². The highest BCUT2D eigenvalue weighted by Crippen LogP contribution is 2.35. The van der Waals surface area contributed by atoms with E-state index >= 15 is 0 Å². The maximum atomic E-state index is 12.7. The Morgan fingerprint density at radius 2 is 2.19 bits per heavy atom. The van der Waals surface area contributed by atoms with Crippen LogP contribution in [0.15, 0.2) is 28.5 Å². The van der Waals surface area contributed by atoms with Crippen LogP contribution in [0.2, 0.25) is 0 Å². The zero-order valence-electron chi connectivity index (χ0n) is 15.3. The van der Waals surface area contributed by atoms with Gasteiger partial charge in [-0.15, -0.1) is 11.3 Å². The number of sulfonamides is 1. The molecule has 7 nitrogen and oxygen atoms in total. The van der Waals surface area contributed by atoms with Gasteiger partial charge >= 0.3 is 5.97 Å². The average Bonchev–Trinajstić information content (AvgIpc) is 3.25. The van der Waals surface area contributed by atoms with Gasteiger partial charge in [0.2, 0.25) is 10.0 Å². The molecule has 1 aromatic heterocycles. The molecule has 27 heavy (non-hydrogen) atoms. The number of carbonyl (C=O) groups is 1. The zero-order valence-corrected chi connectivity index (χ0v) is 16.9. The van der Waals surface area contributed by atoms with E-state index in [0.717, 1.165) is 29.1 Å². The highest BCUT2D eigenvalue weighted by atomic mass is 32.2. The maximum absolute atomic E-state index is 12.7. The number of esters is 1. The Morgan fingerprint density at radius 3 is 2.89 bits per heavy atom. The van der Waals surface area contributed by atoms with Gasteiger partial charge in [-0.25, -0.2) is 17.9 Å². The van der Waals surface area contributed by atoms with Crippen LogP contribution in [0.4, 0.5) is 0 Å². The Labute approximate surface area is 162 Å². The van der Waals surface area contributed by atoms with Crippen LogP contribution < -0.4 is 14.2 Å². The standard InChI is InChI=1S/C18H21NO6S2/c1-4-24-14-8-12-7-11(2)25-15(12)9-13(14)10-19-27(21,22)16-5-6-26-17(16)18(20)23-3/h5-6,8-9,11,19H,4,7,10H2,1-3H3. The fourth-order valence-electron chi connectivity index (χ4n) is 2.91. The van der Waals surface area contributed by atoms with Crippen molar-refractivity contribution < 1.29 is 27.4 Å². The van der Waals surface area contributed by atoms with Gasteiger partial charge < -0.3 is 14.2 Å². The molecule has 0 aliphatic carbocycles. The first-order valence-corrected chi connectivity index (χ1v) is 10.8. The smallest absolute Gasteiger partial charge is 0.349 e. The molecular weight excluding hydrogens is 390 g/mol. The summed E-state index contributed by atoms with van der Waals surface area (Å²) >= 11 is 1.02. The van der Waals surface area contributed by atoms with Gasteiger partial charge in [0.05, 0.1) is 13.7 Å². The summed E-state index contributed by atoms with van der Waals surface area (Å²) in [5.74, 6) is 0.682. The van der Waals surface area contributed by atoms with Gasteiger partial charge in [0, 0.05) is 24.1 Å². The van der Waals surface area contributed by atoms with Crippen LogP contribution in [-0.4, -0.2) is 34.2 Å². The van der Waals surface area contributed by atoms with Gasteiger partial charge in [0.25, 0.3) is 0 Å². The molecule has 0 bridgehead atoms. The third-order valence-electron chi connectivity index (χ3n) is 4.12. The van der Waals surface area contributed by atoms with E-state index < -0.39 is 16.0 Å². The highest BCUT2D eigenvalue weighted by molar-refractivity contribution is 7.89. The van der Waals surface area contributed by atoms with Crippen molar-refractivity contribution in [2.75, 3.05) is 13.7 Å². The molecule has 0 saturated heterocycles. The zero-order chi connectivity index (χ0) is 19.6. The third-order valence-corrected chi connectivity index (χ3v) is 6.59. The highest BCUT2D eigenvalue weighted by Gasteiger charge is 2.26. The third kappa shape index (κ3) is 4.10. The van der Waals surface area contributed by atoms with E-state index in [-0.39, 0.29) is 22.4 Å². The average molecular weight is 412 g/mol. The SMILES string of the molecule is CCOc1cc2c(cc1CNS(=O)(=O)c1ccsc1C(=O)OC)OC(C)C2. The Morgan fingerprint density at radius 1 is 1.41 bits per heavy atom. The molecule has 1 aromatic carbocycles. The van der Waals surface area contributed by atoms with Crippen molar-refractivity contribution in [1.82, 2.24) is 4.72 Å². The molecule has 9 heteroatoms. The van der Waals surface area contributed by atoms with Crippen LogP contribution in [-0.2, 0) is 27.7 Å². The molecule has 1 atom stereocenters. The van der Waals surface area contributed by atoms with Crippen LogP contribution >= 0.6 is 11.3 Å². The summed E-state index contributed by atoms with van der Waals surface area (Å²) in [4.78, 5) is 11.7. The lowest BCUT2D eigenvalue weighted by Crippen LogP contribution is -2.24. The van der Waals surface area contributed by atoms with Gasteiger partial charge in [0.1, 0.15) is 27.4 Å². The van der Waals surface area contributed by atoms with E-state index in [1.165, 1.54) is 18.6 Å². The van der Waals surface area contributed by atoms with E-state index in [1.54, 1.807) is 6.07 Å². The van der Waals surface area contributed by atoms with Crippen LogP contribution in [0.1, 0.15) is 34.6 Å². The number of rotatable bonds is 7. The summed E-state index contributed by atoms with van der Waals surface area (Å²) in [7, 11) is -2.68. The Kier molecular flexibility index (Phi) is 5.73. The first-order valence-electron chi connectivity index (χ1n) is 8.46. The van der Waals surface area contributed by atoms with Crippen LogP contribution in [0.5, 0.6) is 11.5 Å². The molecule has 0 saturated carbocycles. The number of hydrogen-bond acceptors (Lipinski definition) is 7. The number of benzene rings is 1. The van der Waals surface area contributed by atoms with Crippen molar-refractivity contribution >= 4 is 27.3 Å². The molecule has 1 N–H and O–H groups in total. The molecule has 1 unspecified atom stereocenters. The second-order valence-corrected chi connectivity index (χ2v) is 8.71. The summed E-state index contributed by atoms with van der Waals surface area (Å²) in [6.45, 7) is 4.33. The molecule has 146 valence electrons. The number of hydrogen-bond donors (Lipinski definition) is 1. The normalized spacial score (nSPS) is 15.9.